The minimum absolute atomic E-state index is 0.260. The molecule has 162 valence electrons. The van der Waals surface area contributed by atoms with Crippen molar-refractivity contribution in [1.82, 2.24) is 19.9 Å². The number of pyridine rings is 2. The number of aromatic nitrogens is 4. The Balaban J connectivity index is 1.38. The quantitative estimate of drug-likeness (QED) is 0.360. The molecule has 0 aliphatic carbocycles. The number of rotatable bonds is 5. The summed E-state index contributed by atoms with van der Waals surface area (Å²) < 4.78 is 14.8. The minimum atomic E-state index is -0.260. The molecule has 6 heteroatoms. The van der Waals surface area contributed by atoms with E-state index in [0.717, 1.165) is 44.5 Å². The molecule has 2 aromatic carbocycles. The number of nitrogens with zero attached hydrogens (tertiary/aromatic N) is 4. The standard InChI is InChI=1S/C27H22FN5/c1-17-11-21(7-9-29-17)20-4-6-24-26(14-20)32-16-33-27(24)31-15-19-3-5-23(25(28)13-19)22-8-10-30-18(2)12-22/h3-14,16H,15H2,1-2H3,(H,31,32,33). The Bertz CT molecular complexity index is 1460. The number of hydrogen-bond acceptors (Lipinski definition) is 5. The molecule has 5 rings (SSSR count). The number of nitrogens with one attached hydrogen (secondary N) is 1. The van der Waals surface area contributed by atoms with Crippen LogP contribution in [0.15, 0.2) is 79.4 Å². The van der Waals surface area contributed by atoms with Gasteiger partial charge in [0.2, 0.25) is 0 Å². The molecule has 0 atom stereocenters. The van der Waals surface area contributed by atoms with Crippen LogP contribution in [0.5, 0.6) is 0 Å². The number of halogens is 1. The van der Waals surface area contributed by atoms with Gasteiger partial charge in [-0.05, 0) is 78.6 Å². The predicted octanol–water partition coefficient (Wildman–Crippen LogP) is 6.12. The smallest absolute Gasteiger partial charge is 0.137 e. The Labute approximate surface area is 191 Å². The highest BCUT2D eigenvalue weighted by Gasteiger charge is 2.09. The molecule has 0 saturated carbocycles. The molecule has 3 aromatic heterocycles. The Morgan fingerprint density at radius 1 is 0.727 bits per heavy atom. The van der Waals surface area contributed by atoms with Gasteiger partial charge < -0.3 is 5.32 Å². The third-order valence-corrected chi connectivity index (χ3v) is 5.57. The molecule has 5 aromatic rings. The SMILES string of the molecule is Cc1cc(-c2ccc3c(NCc4ccc(-c5ccnc(C)c5)c(F)c4)ncnc3c2)ccn1. The molecular formula is C27H22FN5. The highest BCUT2D eigenvalue weighted by atomic mass is 19.1. The van der Waals surface area contributed by atoms with Crippen LogP contribution in [0.2, 0.25) is 0 Å². The molecule has 3 heterocycles. The van der Waals surface area contributed by atoms with Crippen molar-refractivity contribution in [2.75, 3.05) is 5.32 Å². The Kier molecular flexibility index (Phi) is 5.48. The third kappa shape index (κ3) is 4.41. The zero-order valence-corrected chi connectivity index (χ0v) is 18.4. The lowest BCUT2D eigenvalue weighted by Crippen LogP contribution is -2.03. The van der Waals surface area contributed by atoms with Gasteiger partial charge in [0.1, 0.15) is 18.0 Å². The molecule has 0 bridgehead atoms. The topological polar surface area (TPSA) is 63.6 Å². The number of fused-ring (bicyclic) bond motifs is 1. The van der Waals surface area contributed by atoms with E-state index in [1.54, 1.807) is 18.6 Å². The largest absolute Gasteiger partial charge is 0.365 e. The molecule has 0 spiro atoms. The normalized spacial score (nSPS) is 11.0. The molecular weight excluding hydrogens is 413 g/mol. The van der Waals surface area contributed by atoms with Crippen LogP contribution < -0.4 is 5.32 Å². The van der Waals surface area contributed by atoms with Gasteiger partial charge in [-0.25, -0.2) is 14.4 Å². The lowest BCUT2D eigenvalue weighted by Gasteiger charge is -2.11. The first-order valence-electron chi connectivity index (χ1n) is 10.7. The molecule has 0 saturated heterocycles. The summed E-state index contributed by atoms with van der Waals surface area (Å²) in [5.41, 5.74) is 7.05. The van der Waals surface area contributed by atoms with E-state index in [1.807, 2.05) is 68.6 Å². The fourth-order valence-electron chi connectivity index (χ4n) is 3.90. The molecule has 0 fully saturated rings. The van der Waals surface area contributed by atoms with Crippen molar-refractivity contribution < 1.29 is 4.39 Å². The minimum Gasteiger partial charge on any atom is -0.365 e. The van der Waals surface area contributed by atoms with Gasteiger partial charge in [0, 0.05) is 41.3 Å². The summed E-state index contributed by atoms with van der Waals surface area (Å²) in [5.74, 6) is 0.455. The Morgan fingerprint density at radius 3 is 2.21 bits per heavy atom. The zero-order chi connectivity index (χ0) is 22.8. The molecule has 0 amide bonds. The maximum Gasteiger partial charge on any atom is 0.137 e. The van der Waals surface area contributed by atoms with Gasteiger partial charge in [-0.15, -0.1) is 0 Å². The summed E-state index contributed by atoms with van der Waals surface area (Å²) in [6, 6.07) is 19.1. The van der Waals surface area contributed by atoms with Crippen LogP contribution in [-0.2, 0) is 6.54 Å². The summed E-state index contributed by atoms with van der Waals surface area (Å²) in [7, 11) is 0. The first-order valence-corrected chi connectivity index (χ1v) is 10.7. The number of hydrogen-bond donors (Lipinski definition) is 1. The van der Waals surface area contributed by atoms with Crippen LogP contribution in [0.1, 0.15) is 17.0 Å². The maximum atomic E-state index is 14.8. The van der Waals surface area contributed by atoms with E-state index in [1.165, 1.54) is 0 Å². The maximum absolute atomic E-state index is 14.8. The fraction of sp³-hybridized carbons (Fsp3) is 0.111. The van der Waals surface area contributed by atoms with Crippen LogP contribution in [-0.4, -0.2) is 19.9 Å². The lowest BCUT2D eigenvalue weighted by atomic mass is 10.0. The summed E-state index contributed by atoms with van der Waals surface area (Å²) in [6.45, 7) is 4.32. The van der Waals surface area contributed by atoms with Crippen LogP contribution in [0.4, 0.5) is 10.2 Å². The van der Waals surface area contributed by atoms with Crippen LogP contribution in [0, 0.1) is 19.7 Å². The van der Waals surface area contributed by atoms with Gasteiger partial charge in [-0.2, -0.15) is 0 Å². The van der Waals surface area contributed by atoms with Gasteiger partial charge in [0.25, 0.3) is 0 Å². The second-order valence-electron chi connectivity index (χ2n) is 7.99. The average Bonchev–Trinajstić information content (AvgIpc) is 2.82. The summed E-state index contributed by atoms with van der Waals surface area (Å²) in [4.78, 5) is 17.3. The third-order valence-electron chi connectivity index (χ3n) is 5.57. The average molecular weight is 436 g/mol. The van der Waals surface area contributed by atoms with Crippen LogP contribution in [0.25, 0.3) is 33.2 Å². The first-order chi connectivity index (χ1) is 16.1. The van der Waals surface area contributed by atoms with E-state index in [0.29, 0.717) is 17.9 Å². The van der Waals surface area contributed by atoms with E-state index < -0.39 is 0 Å². The number of anilines is 1. The van der Waals surface area contributed by atoms with E-state index in [9.17, 15) is 4.39 Å². The fourth-order valence-corrected chi connectivity index (χ4v) is 3.90. The molecule has 1 N–H and O–H groups in total. The van der Waals surface area contributed by atoms with E-state index in [4.69, 9.17) is 0 Å². The van der Waals surface area contributed by atoms with Crippen molar-refractivity contribution in [3.05, 3.63) is 102 Å². The van der Waals surface area contributed by atoms with Gasteiger partial charge in [0.05, 0.1) is 5.52 Å². The molecule has 5 nitrogen and oxygen atoms in total. The van der Waals surface area contributed by atoms with Crippen LogP contribution in [0.3, 0.4) is 0 Å². The number of aryl methyl sites for hydroxylation is 2. The second kappa shape index (κ2) is 8.74. The van der Waals surface area contributed by atoms with Crippen molar-refractivity contribution in [1.29, 1.82) is 0 Å². The van der Waals surface area contributed by atoms with Gasteiger partial charge >= 0.3 is 0 Å². The molecule has 33 heavy (non-hydrogen) atoms. The van der Waals surface area contributed by atoms with Crippen LogP contribution >= 0.6 is 0 Å². The van der Waals surface area contributed by atoms with E-state index >= 15 is 0 Å². The van der Waals surface area contributed by atoms with E-state index in [2.05, 4.69) is 31.3 Å². The van der Waals surface area contributed by atoms with E-state index in [-0.39, 0.29) is 5.82 Å². The lowest BCUT2D eigenvalue weighted by molar-refractivity contribution is 0.629. The molecule has 0 aliphatic heterocycles. The molecule has 0 aliphatic rings. The monoisotopic (exact) mass is 435 g/mol. The first kappa shape index (κ1) is 20.7. The highest BCUT2D eigenvalue weighted by Crippen LogP contribution is 2.28. The molecule has 0 radical (unpaired) electrons. The van der Waals surface area contributed by atoms with Gasteiger partial charge in [-0.1, -0.05) is 18.2 Å². The molecule has 0 unspecified atom stereocenters. The van der Waals surface area contributed by atoms with Crippen molar-refractivity contribution in [2.45, 2.75) is 20.4 Å². The van der Waals surface area contributed by atoms with Crippen molar-refractivity contribution in [2.24, 2.45) is 0 Å². The van der Waals surface area contributed by atoms with Crippen molar-refractivity contribution in [3.63, 3.8) is 0 Å². The Morgan fingerprint density at radius 2 is 1.45 bits per heavy atom. The van der Waals surface area contributed by atoms with Gasteiger partial charge in [-0.3, -0.25) is 9.97 Å². The number of benzene rings is 2. The summed E-state index contributed by atoms with van der Waals surface area (Å²) in [5, 5.41) is 4.24. The second-order valence-corrected chi connectivity index (χ2v) is 7.99. The highest BCUT2D eigenvalue weighted by molar-refractivity contribution is 5.92. The van der Waals surface area contributed by atoms with Gasteiger partial charge in [0.15, 0.2) is 0 Å². The van der Waals surface area contributed by atoms with Crippen molar-refractivity contribution >= 4 is 16.7 Å². The van der Waals surface area contributed by atoms with Crippen molar-refractivity contribution in [3.8, 4) is 22.3 Å². The predicted molar refractivity (Wildman–Crippen MR) is 129 cm³/mol. The zero-order valence-electron chi connectivity index (χ0n) is 18.4. The summed E-state index contributed by atoms with van der Waals surface area (Å²) >= 11 is 0. The summed E-state index contributed by atoms with van der Waals surface area (Å²) in [6.07, 6.45) is 5.05. The Hall–Kier alpha value is -4.19.